The molecule has 0 fully saturated rings. The highest BCUT2D eigenvalue weighted by Gasteiger charge is 2.34. The molecule has 0 amide bonds. The van der Waals surface area contributed by atoms with Crippen LogP contribution < -0.4 is 5.73 Å². The van der Waals surface area contributed by atoms with E-state index in [9.17, 15) is 17.6 Å². The standard InChI is InChI=1S/C7H6F4N2/c1-2-13-6(10)3(8)5(12)4(9)7(13)11/h2,6H,1,12H2. The third-order valence-corrected chi connectivity index (χ3v) is 1.55. The van der Waals surface area contributed by atoms with Crippen LogP contribution in [0.25, 0.3) is 0 Å². The summed E-state index contributed by atoms with van der Waals surface area (Å²) in [5.74, 6) is -4.76. The summed E-state index contributed by atoms with van der Waals surface area (Å²) < 4.78 is 50.9. The lowest BCUT2D eigenvalue weighted by molar-refractivity contribution is 0.130. The van der Waals surface area contributed by atoms with Gasteiger partial charge in [0.2, 0.25) is 18.1 Å². The SMILES string of the molecule is C=CN1C(F)=C(F)C(N)=C(F)C1F. The highest BCUT2D eigenvalue weighted by molar-refractivity contribution is 5.33. The molecule has 1 rings (SSSR count). The molecule has 0 aromatic rings. The quantitative estimate of drug-likeness (QED) is 0.511. The molecule has 72 valence electrons. The van der Waals surface area contributed by atoms with Crippen LogP contribution in [0.2, 0.25) is 0 Å². The van der Waals surface area contributed by atoms with Crippen molar-refractivity contribution in [3.63, 3.8) is 0 Å². The van der Waals surface area contributed by atoms with Crippen LogP contribution in [-0.4, -0.2) is 11.2 Å². The number of rotatable bonds is 1. The summed E-state index contributed by atoms with van der Waals surface area (Å²) in [4.78, 5) is 0.0705. The van der Waals surface area contributed by atoms with E-state index in [1.54, 1.807) is 0 Å². The molecule has 0 aromatic heterocycles. The van der Waals surface area contributed by atoms with Crippen molar-refractivity contribution < 1.29 is 17.6 Å². The van der Waals surface area contributed by atoms with Crippen molar-refractivity contribution in [3.05, 3.63) is 36.1 Å². The van der Waals surface area contributed by atoms with Gasteiger partial charge in [-0.3, -0.25) is 4.90 Å². The molecule has 0 saturated heterocycles. The van der Waals surface area contributed by atoms with E-state index in [2.05, 4.69) is 6.58 Å². The van der Waals surface area contributed by atoms with E-state index in [4.69, 9.17) is 5.73 Å². The number of alkyl halides is 1. The topological polar surface area (TPSA) is 29.3 Å². The summed E-state index contributed by atoms with van der Waals surface area (Å²) in [7, 11) is 0. The van der Waals surface area contributed by atoms with E-state index >= 15 is 0 Å². The van der Waals surface area contributed by atoms with Gasteiger partial charge in [0, 0.05) is 6.20 Å². The lowest BCUT2D eigenvalue weighted by Crippen LogP contribution is -2.31. The maximum Gasteiger partial charge on any atom is 0.234 e. The Morgan fingerprint density at radius 2 is 1.92 bits per heavy atom. The summed E-state index contributed by atoms with van der Waals surface area (Å²) in [5, 5.41) is 0. The van der Waals surface area contributed by atoms with Crippen molar-refractivity contribution in [2.45, 2.75) is 6.30 Å². The van der Waals surface area contributed by atoms with Gasteiger partial charge in [-0.15, -0.1) is 0 Å². The normalized spacial score (nSPS) is 24.0. The van der Waals surface area contributed by atoms with E-state index < -0.39 is 29.6 Å². The van der Waals surface area contributed by atoms with E-state index in [0.717, 1.165) is 0 Å². The fourth-order valence-corrected chi connectivity index (χ4v) is 0.852. The second-order valence-electron chi connectivity index (χ2n) is 2.29. The third-order valence-electron chi connectivity index (χ3n) is 1.55. The lowest BCUT2D eigenvalue weighted by Gasteiger charge is -2.25. The van der Waals surface area contributed by atoms with Gasteiger partial charge in [0.1, 0.15) is 5.70 Å². The predicted octanol–water partition coefficient (Wildman–Crippen LogP) is 1.99. The highest BCUT2D eigenvalue weighted by Crippen LogP contribution is 2.32. The highest BCUT2D eigenvalue weighted by atomic mass is 19.2. The van der Waals surface area contributed by atoms with E-state index in [1.165, 1.54) is 0 Å². The number of hydrogen-bond donors (Lipinski definition) is 1. The first-order valence-electron chi connectivity index (χ1n) is 3.26. The average Bonchev–Trinajstić information content (AvgIpc) is 2.13. The molecule has 1 aliphatic heterocycles. The maximum absolute atomic E-state index is 12.8. The van der Waals surface area contributed by atoms with Crippen LogP contribution in [-0.2, 0) is 0 Å². The van der Waals surface area contributed by atoms with Gasteiger partial charge in [-0.25, -0.2) is 8.78 Å². The fourth-order valence-electron chi connectivity index (χ4n) is 0.852. The summed E-state index contributed by atoms with van der Waals surface area (Å²) >= 11 is 0. The first kappa shape index (κ1) is 9.63. The van der Waals surface area contributed by atoms with Crippen LogP contribution in [0.4, 0.5) is 17.6 Å². The van der Waals surface area contributed by atoms with Crippen molar-refractivity contribution in [2.24, 2.45) is 5.73 Å². The molecule has 0 bridgehead atoms. The van der Waals surface area contributed by atoms with Gasteiger partial charge in [-0.05, 0) is 0 Å². The molecule has 0 aromatic carbocycles. The second kappa shape index (κ2) is 3.12. The zero-order valence-electron chi connectivity index (χ0n) is 6.40. The predicted molar refractivity (Wildman–Crippen MR) is 38.5 cm³/mol. The monoisotopic (exact) mass is 194 g/mol. The summed E-state index contributed by atoms with van der Waals surface area (Å²) in [5.41, 5.74) is 3.60. The fraction of sp³-hybridized carbons (Fsp3) is 0.143. The van der Waals surface area contributed by atoms with Crippen LogP contribution in [0.15, 0.2) is 36.1 Å². The zero-order chi connectivity index (χ0) is 10.2. The molecule has 0 radical (unpaired) electrons. The van der Waals surface area contributed by atoms with Crippen molar-refractivity contribution in [2.75, 3.05) is 0 Å². The van der Waals surface area contributed by atoms with Gasteiger partial charge in [0.25, 0.3) is 0 Å². The van der Waals surface area contributed by atoms with Gasteiger partial charge in [0.05, 0.1) is 0 Å². The molecule has 0 saturated carbocycles. The van der Waals surface area contributed by atoms with Crippen molar-refractivity contribution in [3.8, 4) is 0 Å². The van der Waals surface area contributed by atoms with Gasteiger partial charge in [-0.2, -0.15) is 8.78 Å². The van der Waals surface area contributed by atoms with Crippen molar-refractivity contribution >= 4 is 0 Å². The molecule has 1 aliphatic rings. The molecule has 2 nitrogen and oxygen atoms in total. The number of nitrogens with zero attached hydrogens (tertiary/aromatic N) is 1. The molecule has 0 aliphatic carbocycles. The zero-order valence-corrected chi connectivity index (χ0v) is 6.40. The van der Waals surface area contributed by atoms with Crippen LogP contribution in [0, 0.1) is 0 Å². The molecule has 13 heavy (non-hydrogen) atoms. The summed E-state index contributed by atoms with van der Waals surface area (Å²) in [6.07, 6.45) is -1.82. The Kier molecular flexibility index (Phi) is 2.31. The third kappa shape index (κ3) is 1.28. The van der Waals surface area contributed by atoms with Crippen molar-refractivity contribution in [1.82, 2.24) is 4.90 Å². The Bertz CT molecular complexity index is 308. The number of halogens is 4. The van der Waals surface area contributed by atoms with Gasteiger partial charge >= 0.3 is 0 Å². The van der Waals surface area contributed by atoms with Gasteiger partial charge in [-0.1, -0.05) is 6.58 Å². The second-order valence-corrected chi connectivity index (χ2v) is 2.29. The Hall–Kier alpha value is -1.46. The van der Waals surface area contributed by atoms with E-state index in [0.29, 0.717) is 6.20 Å². The van der Waals surface area contributed by atoms with E-state index in [1.807, 2.05) is 0 Å². The summed E-state index contributed by atoms with van der Waals surface area (Å²) in [6, 6.07) is 0. The Balaban J connectivity index is 3.22. The molecule has 1 unspecified atom stereocenters. The minimum atomic E-state index is -2.45. The Labute approximate surface area is 71.6 Å². The van der Waals surface area contributed by atoms with E-state index in [-0.39, 0.29) is 4.90 Å². The van der Waals surface area contributed by atoms with Crippen LogP contribution in [0.1, 0.15) is 0 Å². The number of allylic oxidation sites excluding steroid dienone is 1. The largest absolute Gasteiger partial charge is 0.394 e. The minimum absolute atomic E-state index is 0.0705. The van der Waals surface area contributed by atoms with Crippen LogP contribution >= 0.6 is 0 Å². The van der Waals surface area contributed by atoms with Crippen molar-refractivity contribution in [1.29, 1.82) is 0 Å². The first-order chi connectivity index (χ1) is 6.00. The molecule has 1 atom stereocenters. The number of nitrogens with two attached hydrogens (primary N) is 1. The Morgan fingerprint density at radius 3 is 2.38 bits per heavy atom. The average molecular weight is 194 g/mol. The molecule has 0 spiro atoms. The maximum atomic E-state index is 12.8. The van der Waals surface area contributed by atoms with Crippen LogP contribution in [0.5, 0.6) is 0 Å². The van der Waals surface area contributed by atoms with Gasteiger partial charge < -0.3 is 5.73 Å². The Morgan fingerprint density at radius 1 is 1.38 bits per heavy atom. The summed E-state index contributed by atoms with van der Waals surface area (Å²) in [6.45, 7) is 2.99. The minimum Gasteiger partial charge on any atom is -0.394 e. The molecular formula is C7H6F4N2. The molecular weight excluding hydrogens is 188 g/mol. The number of hydrogen-bond acceptors (Lipinski definition) is 2. The first-order valence-corrected chi connectivity index (χ1v) is 3.26. The molecule has 6 heteroatoms. The molecule has 2 N–H and O–H groups in total. The van der Waals surface area contributed by atoms with Gasteiger partial charge in [0.15, 0.2) is 5.83 Å². The molecule has 1 heterocycles. The smallest absolute Gasteiger partial charge is 0.234 e. The lowest BCUT2D eigenvalue weighted by atomic mass is 10.2. The van der Waals surface area contributed by atoms with Crippen LogP contribution in [0.3, 0.4) is 0 Å².